The minimum absolute atomic E-state index is 0.0248. The molecule has 0 aliphatic rings. The molecule has 15 heavy (non-hydrogen) atoms. The number of aliphatic imine (C=N–C) groups is 2. The van der Waals surface area contributed by atoms with Gasteiger partial charge in [-0.15, -0.1) is 0 Å². The van der Waals surface area contributed by atoms with Crippen LogP contribution in [0.15, 0.2) is 9.98 Å². The first kappa shape index (κ1) is 14.3. The van der Waals surface area contributed by atoms with Crippen LogP contribution in [0, 0.1) is 5.41 Å². The number of hydrogen-bond acceptors (Lipinski definition) is 2. The molecule has 0 N–H and O–H groups in total. The van der Waals surface area contributed by atoms with E-state index in [1.165, 1.54) is 0 Å². The van der Waals surface area contributed by atoms with Gasteiger partial charge < -0.3 is 0 Å². The van der Waals surface area contributed by atoms with E-state index in [2.05, 4.69) is 65.4 Å². The van der Waals surface area contributed by atoms with E-state index in [1.807, 2.05) is 6.21 Å². The van der Waals surface area contributed by atoms with Crippen LogP contribution in [0.5, 0.6) is 0 Å². The number of nitrogens with zero attached hydrogens (tertiary/aromatic N) is 2. The summed E-state index contributed by atoms with van der Waals surface area (Å²) >= 11 is 0. The molecule has 0 amide bonds. The molecule has 0 aromatic carbocycles. The molecule has 0 rings (SSSR count). The Hall–Kier alpha value is -0.660. The van der Waals surface area contributed by atoms with Gasteiger partial charge in [-0.05, 0) is 34.6 Å². The Bertz CT molecular complexity index is 247. The van der Waals surface area contributed by atoms with Crippen LogP contribution in [-0.4, -0.2) is 23.5 Å². The molecule has 0 aliphatic heterocycles. The summed E-state index contributed by atoms with van der Waals surface area (Å²) in [7, 11) is 0. The van der Waals surface area contributed by atoms with Gasteiger partial charge in [-0.1, -0.05) is 20.8 Å². The van der Waals surface area contributed by atoms with E-state index in [0.29, 0.717) is 6.04 Å². The Morgan fingerprint density at radius 2 is 1.47 bits per heavy atom. The molecular formula is C13H26N2. The Kier molecular flexibility index (Phi) is 4.69. The monoisotopic (exact) mass is 210 g/mol. The summed E-state index contributed by atoms with van der Waals surface area (Å²) in [6.07, 6.45) is 1.93. The van der Waals surface area contributed by atoms with Crippen molar-refractivity contribution in [3.63, 3.8) is 0 Å². The first-order valence-corrected chi connectivity index (χ1v) is 5.66. The minimum atomic E-state index is -0.0248. The van der Waals surface area contributed by atoms with Crippen molar-refractivity contribution in [3.8, 4) is 0 Å². The highest BCUT2D eigenvalue weighted by molar-refractivity contribution is 6.32. The van der Waals surface area contributed by atoms with E-state index in [0.717, 1.165) is 5.71 Å². The van der Waals surface area contributed by atoms with Gasteiger partial charge in [-0.25, -0.2) is 0 Å². The molecule has 0 heterocycles. The van der Waals surface area contributed by atoms with Crippen LogP contribution < -0.4 is 0 Å². The fourth-order valence-corrected chi connectivity index (χ4v) is 0.954. The SMILES string of the molecule is CC(C)N=C(C=NC(C)(C)C)C(C)(C)C. The summed E-state index contributed by atoms with van der Waals surface area (Å²) in [5.74, 6) is 0. The lowest BCUT2D eigenvalue weighted by Gasteiger charge is -2.21. The standard InChI is InChI=1S/C13H26N2/c1-10(2)15-11(12(3,4)5)9-14-13(6,7)8/h9-10H,1-8H3. The fourth-order valence-electron chi connectivity index (χ4n) is 0.954. The predicted molar refractivity (Wildman–Crippen MR) is 70.3 cm³/mol. The first-order chi connectivity index (χ1) is 6.52. The second-order valence-corrected chi connectivity index (χ2v) is 6.29. The Morgan fingerprint density at radius 3 is 1.73 bits per heavy atom. The molecule has 0 saturated heterocycles. The molecule has 88 valence electrons. The lowest BCUT2D eigenvalue weighted by molar-refractivity contribution is 0.577. The molecule has 2 heteroatoms. The second kappa shape index (κ2) is 4.91. The van der Waals surface area contributed by atoms with Crippen molar-refractivity contribution < 1.29 is 0 Å². The molecule has 0 atom stereocenters. The molecule has 0 spiro atoms. The number of hydrogen-bond donors (Lipinski definition) is 0. The Labute approximate surface area is 94.9 Å². The third-order valence-electron chi connectivity index (χ3n) is 1.74. The molecule has 0 aliphatic carbocycles. The van der Waals surface area contributed by atoms with Crippen LogP contribution in [0.2, 0.25) is 0 Å². The molecule has 0 radical (unpaired) electrons. The third-order valence-corrected chi connectivity index (χ3v) is 1.74. The summed E-state index contributed by atoms with van der Waals surface area (Å²) in [4.78, 5) is 9.14. The van der Waals surface area contributed by atoms with Crippen molar-refractivity contribution in [2.24, 2.45) is 15.4 Å². The zero-order chi connectivity index (χ0) is 12.3. The summed E-state index contributed by atoms with van der Waals surface area (Å²) in [6.45, 7) is 17.0. The highest BCUT2D eigenvalue weighted by Gasteiger charge is 2.18. The van der Waals surface area contributed by atoms with Crippen LogP contribution >= 0.6 is 0 Å². The van der Waals surface area contributed by atoms with Gasteiger partial charge in [-0.2, -0.15) is 0 Å². The van der Waals surface area contributed by atoms with Gasteiger partial charge >= 0.3 is 0 Å². The predicted octanol–water partition coefficient (Wildman–Crippen LogP) is 3.75. The molecule has 0 bridgehead atoms. The van der Waals surface area contributed by atoms with E-state index in [1.54, 1.807) is 0 Å². The quantitative estimate of drug-likeness (QED) is 0.620. The summed E-state index contributed by atoms with van der Waals surface area (Å²) in [5.41, 5.74) is 1.12. The maximum atomic E-state index is 4.62. The average Bonchev–Trinajstić information content (AvgIpc) is 1.93. The van der Waals surface area contributed by atoms with Crippen molar-refractivity contribution >= 4 is 11.9 Å². The van der Waals surface area contributed by atoms with Gasteiger partial charge in [0.2, 0.25) is 0 Å². The van der Waals surface area contributed by atoms with Crippen molar-refractivity contribution in [3.05, 3.63) is 0 Å². The van der Waals surface area contributed by atoms with Gasteiger partial charge in [0.05, 0.1) is 11.3 Å². The van der Waals surface area contributed by atoms with Gasteiger partial charge in [0, 0.05) is 17.7 Å². The largest absolute Gasteiger partial charge is 0.286 e. The fraction of sp³-hybridized carbons (Fsp3) is 0.846. The number of rotatable bonds is 2. The second-order valence-electron chi connectivity index (χ2n) is 6.29. The van der Waals surface area contributed by atoms with Crippen LogP contribution in [-0.2, 0) is 0 Å². The Morgan fingerprint density at radius 1 is 1.00 bits per heavy atom. The average molecular weight is 210 g/mol. The zero-order valence-corrected chi connectivity index (χ0v) is 11.5. The normalized spacial score (nSPS) is 15.4. The zero-order valence-electron chi connectivity index (χ0n) is 11.5. The summed E-state index contributed by atoms with van der Waals surface area (Å²) < 4.78 is 0. The van der Waals surface area contributed by atoms with Crippen LogP contribution in [0.3, 0.4) is 0 Å². The molecule has 0 saturated carbocycles. The van der Waals surface area contributed by atoms with Gasteiger partial charge in [0.25, 0.3) is 0 Å². The van der Waals surface area contributed by atoms with Gasteiger partial charge in [0.15, 0.2) is 0 Å². The topological polar surface area (TPSA) is 24.7 Å². The lowest BCUT2D eigenvalue weighted by atomic mass is 9.90. The van der Waals surface area contributed by atoms with E-state index in [9.17, 15) is 0 Å². The maximum absolute atomic E-state index is 4.62. The van der Waals surface area contributed by atoms with Crippen LogP contribution in [0.25, 0.3) is 0 Å². The van der Waals surface area contributed by atoms with Gasteiger partial charge in [0.1, 0.15) is 0 Å². The molecule has 0 aromatic rings. The van der Waals surface area contributed by atoms with Crippen molar-refractivity contribution in [2.45, 2.75) is 67.0 Å². The van der Waals surface area contributed by atoms with Crippen molar-refractivity contribution in [2.75, 3.05) is 0 Å². The first-order valence-electron chi connectivity index (χ1n) is 5.66. The van der Waals surface area contributed by atoms with E-state index >= 15 is 0 Å². The van der Waals surface area contributed by atoms with Gasteiger partial charge in [-0.3, -0.25) is 9.98 Å². The van der Waals surface area contributed by atoms with E-state index in [-0.39, 0.29) is 11.0 Å². The molecule has 0 fully saturated rings. The highest BCUT2D eigenvalue weighted by atomic mass is 14.9. The highest BCUT2D eigenvalue weighted by Crippen LogP contribution is 2.17. The third kappa shape index (κ3) is 7.29. The Balaban J connectivity index is 4.93. The summed E-state index contributed by atoms with van der Waals surface area (Å²) in [6, 6.07) is 0.325. The van der Waals surface area contributed by atoms with Crippen molar-refractivity contribution in [1.29, 1.82) is 0 Å². The van der Waals surface area contributed by atoms with E-state index in [4.69, 9.17) is 0 Å². The minimum Gasteiger partial charge on any atom is -0.286 e. The molecular weight excluding hydrogens is 184 g/mol. The van der Waals surface area contributed by atoms with Crippen LogP contribution in [0.1, 0.15) is 55.4 Å². The lowest BCUT2D eigenvalue weighted by Crippen LogP contribution is -2.25. The molecule has 0 aromatic heterocycles. The molecule has 0 unspecified atom stereocenters. The summed E-state index contributed by atoms with van der Waals surface area (Å²) in [5, 5.41) is 0. The van der Waals surface area contributed by atoms with E-state index < -0.39 is 0 Å². The molecule has 2 nitrogen and oxygen atoms in total. The van der Waals surface area contributed by atoms with Crippen molar-refractivity contribution in [1.82, 2.24) is 0 Å². The maximum Gasteiger partial charge on any atom is 0.0583 e. The smallest absolute Gasteiger partial charge is 0.0583 e. The van der Waals surface area contributed by atoms with Crippen LogP contribution in [0.4, 0.5) is 0 Å².